The number of amides is 1. The van der Waals surface area contributed by atoms with E-state index >= 15 is 0 Å². The molecule has 1 unspecified atom stereocenters. The minimum Gasteiger partial charge on any atom is -0.463 e. The largest absolute Gasteiger partial charge is 0.463 e. The van der Waals surface area contributed by atoms with Crippen molar-refractivity contribution in [3.8, 4) is 11.5 Å². The number of carbonyl (C=O) groups is 1. The van der Waals surface area contributed by atoms with Crippen LogP contribution in [0, 0.1) is 0 Å². The standard InChI is InChI=1S/C20H15N3O3S/c24-17(13-5-2-1-3-6-13)18-16(15-7-4-12-26-15)22-20(27-18)23-19(25)14-8-10-21-11-9-14/h1-12,17,24H,(H,22,23,25). The lowest BCUT2D eigenvalue weighted by atomic mass is 10.1. The van der Waals surface area contributed by atoms with Gasteiger partial charge in [-0.3, -0.25) is 15.1 Å². The summed E-state index contributed by atoms with van der Waals surface area (Å²) in [5.41, 5.74) is 1.72. The van der Waals surface area contributed by atoms with Crippen molar-refractivity contribution < 1.29 is 14.3 Å². The second-order valence-corrected chi connectivity index (χ2v) is 6.74. The van der Waals surface area contributed by atoms with Gasteiger partial charge in [-0.1, -0.05) is 41.7 Å². The number of anilines is 1. The van der Waals surface area contributed by atoms with Crippen LogP contribution in [0.15, 0.2) is 77.7 Å². The molecule has 0 aliphatic carbocycles. The highest BCUT2D eigenvalue weighted by Crippen LogP contribution is 2.38. The Labute approximate surface area is 159 Å². The zero-order chi connectivity index (χ0) is 18.6. The van der Waals surface area contributed by atoms with E-state index in [1.165, 1.54) is 11.3 Å². The second-order valence-electron chi connectivity index (χ2n) is 5.71. The number of hydrogen-bond acceptors (Lipinski definition) is 6. The first-order valence-corrected chi connectivity index (χ1v) is 9.03. The number of hydrogen-bond donors (Lipinski definition) is 2. The van der Waals surface area contributed by atoms with Gasteiger partial charge in [-0.2, -0.15) is 0 Å². The molecule has 3 heterocycles. The van der Waals surface area contributed by atoms with Gasteiger partial charge >= 0.3 is 0 Å². The van der Waals surface area contributed by atoms with Gasteiger partial charge in [0.25, 0.3) is 5.91 Å². The lowest BCUT2D eigenvalue weighted by molar-refractivity contribution is 0.102. The molecule has 0 saturated heterocycles. The van der Waals surface area contributed by atoms with Crippen molar-refractivity contribution >= 4 is 22.4 Å². The molecule has 0 saturated carbocycles. The Hall–Kier alpha value is -3.29. The average Bonchev–Trinajstić information content (AvgIpc) is 3.38. The fourth-order valence-electron chi connectivity index (χ4n) is 2.62. The molecule has 134 valence electrons. The molecule has 0 aliphatic heterocycles. The van der Waals surface area contributed by atoms with Crippen LogP contribution >= 0.6 is 11.3 Å². The van der Waals surface area contributed by atoms with Gasteiger partial charge in [0.2, 0.25) is 0 Å². The molecule has 4 rings (SSSR count). The smallest absolute Gasteiger partial charge is 0.257 e. The zero-order valence-electron chi connectivity index (χ0n) is 14.1. The highest BCUT2D eigenvalue weighted by Gasteiger charge is 2.23. The maximum atomic E-state index is 12.4. The Balaban J connectivity index is 1.69. The summed E-state index contributed by atoms with van der Waals surface area (Å²) in [5.74, 6) is 0.235. The molecular formula is C20H15N3O3S. The van der Waals surface area contributed by atoms with Gasteiger partial charge < -0.3 is 9.52 Å². The highest BCUT2D eigenvalue weighted by atomic mass is 32.1. The first-order chi connectivity index (χ1) is 13.2. The summed E-state index contributed by atoms with van der Waals surface area (Å²) in [5, 5.41) is 14.0. The number of furan rings is 1. The van der Waals surface area contributed by atoms with Crippen LogP contribution in [-0.2, 0) is 0 Å². The first-order valence-electron chi connectivity index (χ1n) is 8.21. The van der Waals surface area contributed by atoms with E-state index in [4.69, 9.17) is 4.42 Å². The van der Waals surface area contributed by atoms with E-state index in [0.29, 0.717) is 27.0 Å². The Morgan fingerprint density at radius 2 is 1.85 bits per heavy atom. The lowest BCUT2D eigenvalue weighted by Crippen LogP contribution is -2.11. The fourth-order valence-corrected chi connectivity index (χ4v) is 3.60. The molecule has 0 aliphatic rings. The van der Waals surface area contributed by atoms with Crippen LogP contribution in [0.2, 0.25) is 0 Å². The Kier molecular flexibility index (Phi) is 4.78. The van der Waals surface area contributed by atoms with Crippen molar-refractivity contribution in [2.24, 2.45) is 0 Å². The van der Waals surface area contributed by atoms with Gasteiger partial charge in [0, 0.05) is 18.0 Å². The van der Waals surface area contributed by atoms with Crippen molar-refractivity contribution in [2.75, 3.05) is 5.32 Å². The van der Waals surface area contributed by atoms with Crippen LogP contribution in [0.3, 0.4) is 0 Å². The molecule has 6 nitrogen and oxygen atoms in total. The van der Waals surface area contributed by atoms with Crippen LogP contribution in [0.1, 0.15) is 26.9 Å². The van der Waals surface area contributed by atoms with E-state index in [2.05, 4.69) is 15.3 Å². The van der Waals surface area contributed by atoms with Crippen molar-refractivity contribution in [1.29, 1.82) is 0 Å². The van der Waals surface area contributed by atoms with Crippen molar-refractivity contribution in [3.05, 3.63) is 89.3 Å². The molecular weight excluding hydrogens is 362 g/mol. The van der Waals surface area contributed by atoms with E-state index in [0.717, 1.165) is 5.56 Å². The monoisotopic (exact) mass is 377 g/mol. The normalized spacial score (nSPS) is 11.9. The van der Waals surface area contributed by atoms with E-state index in [-0.39, 0.29) is 5.91 Å². The van der Waals surface area contributed by atoms with Gasteiger partial charge in [0.05, 0.1) is 11.1 Å². The topological polar surface area (TPSA) is 88.2 Å². The number of benzene rings is 1. The minimum atomic E-state index is -0.879. The number of pyridine rings is 1. The van der Waals surface area contributed by atoms with Gasteiger partial charge in [0.15, 0.2) is 10.9 Å². The number of aromatic nitrogens is 2. The predicted molar refractivity (Wildman–Crippen MR) is 103 cm³/mol. The summed E-state index contributed by atoms with van der Waals surface area (Å²) in [6.07, 6.45) is 3.77. The number of nitrogens with one attached hydrogen (secondary N) is 1. The molecule has 27 heavy (non-hydrogen) atoms. The fraction of sp³-hybridized carbons (Fsp3) is 0.0500. The number of thiazole rings is 1. The molecule has 0 spiro atoms. The van der Waals surface area contributed by atoms with Crippen molar-refractivity contribution in [3.63, 3.8) is 0 Å². The number of aliphatic hydroxyl groups is 1. The molecule has 4 aromatic rings. The molecule has 2 N–H and O–H groups in total. The lowest BCUT2D eigenvalue weighted by Gasteiger charge is -2.09. The van der Waals surface area contributed by atoms with Gasteiger partial charge in [0.1, 0.15) is 11.8 Å². The second kappa shape index (κ2) is 7.53. The number of carbonyl (C=O) groups excluding carboxylic acids is 1. The minimum absolute atomic E-state index is 0.294. The number of rotatable bonds is 5. The first kappa shape index (κ1) is 17.1. The summed E-state index contributed by atoms with van der Waals surface area (Å²) in [4.78, 5) is 21.4. The van der Waals surface area contributed by atoms with Crippen LogP contribution in [0.25, 0.3) is 11.5 Å². The SMILES string of the molecule is O=C(Nc1nc(-c2ccco2)c(C(O)c2ccccc2)s1)c1ccncc1. The van der Waals surface area contributed by atoms with Gasteiger partial charge in [-0.15, -0.1) is 0 Å². The van der Waals surface area contributed by atoms with Gasteiger partial charge in [-0.05, 0) is 29.8 Å². The molecule has 1 amide bonds. The van der Waals surface area contributed by atoms with Gasteiger partial charge in [-0.25, -0.2) is 4.98 Å². The summed E-state index contributed by atoms with van der Waals surface area (Å²) >= 11 is 1.21. The predicted octanol–water partition coefficient (Wildman–Crippen LogP) is 4.13. The maximum absolute atomic E-state index is 12.4. The maximum Gasteiger partial charge on any atom is 0.257 e. The Morgan fingerprint density at radius 3 is 2.56 bits per heavy atom. The van der Waals surface area contributed by atoms with Crippen LogP contribution in [-0.4, -0.2) is 21.0 Å². The summed E-state index contributed by atoms with van der Waals surface area (Å²) in [7, 11) is 0. The molecule has 3 aromatic heterocycles. The molecule has 1 atom stereocenters. The average molecular weight is 377 g/mol. The zero-order valence-corrected chi connectivity index (χ0v) is 14.9. The van der Waals surface area contributed by atoms with Crippen molar-refractivity contribution in [1.82, 2.24) is 9.97 Å². The molecule has 0 fully saturated rings. The molecule has 0 bridgehead atoms. The van der Waals surface area contributed by atoms with Crippen LogP contribution in [0.5, 0.6) is 0 Å². The molecule has 1 aromatic carbocycles. The third kappa shape index (κ3) is 3.64. The van der Waals surface area contributed by atoms with Crippen LogP contribution < -0.4 is 5.32 Å². The summed E-state index contributed by atoms with van der Waals surface area (Å²) < 4.78 is 5.46. The van der Waals surface area contributed by atoms with E-state index < -0.39 is 6.10 Å². The number of aliphatic hydroxyl groups excluding tert-OH is 1. The van der Waals surface area contributed by atoms with Crippen molar-refractivity contribution in [2.45, 2.75) is 6.10 Å². The van der Waals surface area contributed by atoms with E-state index in [9.17, 15) is 9.90 Å². The summed E-state index contributed by atoms with van der Waals surface area (Å²) in [6, 6.07) is 16.0. The Bertz CT molecular complexity index is 1030. The third-order valence-corrected chi connectivity index (χ3v) is 4.96. The molecule has 7 heteroatoms. The Morgan fingerprint density at radius 1 is 1.07 bits per heavy atom. The number of nitrogens with zero attached hydrogens (tertiary/aromatic N) is 2. The molecule has 0 radical (unpaired) electrons. The third-order valence-electron chi connectivity index (χ3n) is 3.93. The highest BCUT2D eigenvalue weighted by molar-refractivity contribution is 7.16. The summed E-state index contributed by atoms with van der Waals surface area (Å²) in [6.45, 7) is 0. The van der Waals surface area contributed by atoms with Crippen LogP contribution in [0.4, 0.5) is 5.13 Å². The van der Waals surface area contributed by atoms with E-state index in [1.54, 1.807) is 42.9 Å². The quantitative estimate of drug-likeness (QED) is 0.546. The van der Waals surface area contributed by atoms with E-state index in [1.807, 2.05) is 30.3 Å².